The third-order valence-electron chi connectivity index (χ3n) is 6.54. The van der Waals surface area contributed by atoms with Crippen LogP contribution in [0.1, 0.15) is 50.7 Å². The standard InChI is InChI=1S/C32H36FNO4/c1-4-6-19-38-28-17-18-30-29(21-28)23(3)32(25-11-13-26(33)14-12-25)34(30)22-24-9-15-27(16-10-24)37-20-7-8-31(35)36-5-2/h9-18,21H,4-8,19-20,22H2,1-3H3. The maximum Gasteiger partial charge on any atom is 0.305 e. The summed E-state index contributed by atoms with van der Waals surface area (Å²) in [5.41, 5.74) is 5.38. The molecule has 5 nitrogen and oxygen atoms in total. The minimum atomic E-state index is -0.251. The largest absolute Gasteiger partial charge is 0.494 e. The van der Waals surface area contributed by atoms with E-state index in [0.717, 1.165) is 57.6 Å². The molecule has 38 heavy (non-hydrogen) atoms. The molecule has 0 aliphatic heterocycles. The predicted molar refractivity (Wildman–Crippen MR) is 149 cm³/mol. The van der Waals surface area contributed by atoms with E-state index in [1.807, 2.05) is 30.3 Å². The second kappa shape index (κ2) is 13.1. The number of hydrogen-bond donors (Lipinski definition) is 0. The molecule has 0 saturated carbocycles. The first-order valence-electron chi connectivity index (χ1n) is 13.4. The van der Waals surface area contributed by atoms with Crippen molar-refractivity contribution in [2.24, 2.45) is 0 Å². The number of esters is 1. The number of carbonyl (C=O) groups is 1. The summed E-state index contributed by atoms with van der Waals surface area (Å²) >= 11 is 0. The van der Waals surface area contributed by atoms with E-state index in [9.17, 15) is 9.18 Å². The SMILES string of the molecule is CCCCOc1ccc2c(c1)c(C)c(-c1ccc(F)cc1)n2Cc1ccc(OCCCC(=O)OCC)cc1. The van der Waals surface area contributed by atoms with Crippen LogP contribution in [-0.4, -0.2) is 30.4 Å². The molecule has 0 spiro atoms. The van der Waals surface area contributed by atoms with Gasteiger partial charge in [-0.2, -0.15) is 0 Å². The van der Waals surface area contributed by atoms with Gasteiger partial charge in [-0.15, -0.1) is 0 Å². The summed E-state index contributed by atoms with van der Waals surface area (Å²) < 4.78 is 32.7. The van der Waals surface area contributed by atoms with Gasteiger partial charge in [0.05, 0.1) is 25.5 Å². The van der Waals surface area contributed by atoms with Gasteiger partial charge in [0.25, 0.3) is 0 Å². The first-order valence-corrected chi connectivity index (χ1v) is 13.4. The Bertz CT molecular complexity index is 1340. The number of fused-ring (bicyclic) bond motifs is 1. The Hall–Kier alpha value is -3.80. The lowest BCUT2D eigenvalue weighted by molar-refractivity contribution is -0.143. The first kappa shape index (κ1) is 27.2. The molecule has 6 heteroatoms. The highest BCUT2D eigenvalue weighted by atomic mass is 19.1. The number of benzene rings is 3. The second-order valence-corrected chi connectivity index (χ2v) is 9.35. The van der Waals surface area contributed by atoms with Crippen LogP contribution in [0.25, 0.3) is 22.2 Å². The molecule has 0 atom stereocenters. The smallest absolute Gasteiger partial charge is 0.305 e. The van der Waals surface area contributed by atoms with Gasteiger partial charge in [-0.05, 0) is 98.0 Å². The molecular weight excluding hydrogens is 481 g/mol. The highest BCUT2D eigenvalue weighted by molar-refractivity contribution is 5.92. The van der Waals surface area contributed by atoms with Gasteiger partial charge in [0.15, 0.2) is 0 Å². The molecule has 0 fully saturated rings. The molecule has 0 N–H and O–H groups in total. The quantitative estimate of drug-likeness (QED) is 0.135. The topological polar surface area (TPSA) is 49.7 Å². The number of aryl methyl sites for hydroxylation is 1. The van der Waals surface area contributed by atoms with Crippen molar-refractivity contribution >= 4 is 16.9 Å². The molecule has 1 heterocycles. The fraction of sp³-hybridized carbons (Fsp3) is 0.344. The van der Waals surface area contributed by atoms with Crippen molar-refractivity contribution in [1.29, 1.82) is 0 Å². The third kappa shape index (κ3) is 6.74. The second-order valence-electron chi connectivity index (χ2n) is 9.35. The van der Waals surface area contributed by atoms with Crippen molar-refractivity contribution in [3.8, 4) is 22.8 Å². The molecule has 0 aliphatic carbocycles. The fourth-order valence-corrected chi connectivity index (χ4v) is 4.58. The zero-order valence-corrected chi connectivity index (χ0v) is 22.5. The lowest BCUT2D eigenvalue weighted by Crippen LogP contribution is -2.07. The monoisotopic (exact) mass is 517 g/mol. The van der Waals surface area contributed by atoms with Gasteiger partial charge in [-0.3, -0.25) is 4.79 Å². The molecule has 0 amide bonds. The predicted octanol–water partition coefficient (Wildman–Crippen LogP) is 7.71. The van der Waals surface area contributed by atoms with Crippen LogP contribution < -0.4 is 9.47 Å². The number of ether oxygens (including phenoxy) is 3. The van der Waals surface area contributed by atoms with Crippen LogP contribution in [0.3, 0.4) is 0 Å². The highest BCUT2D eigenvalue weighted by Gasteiger charge is 2.17. The van der Waals surface area contributed by atoms with E-state index < -0.39 is 0 Å². The van der Waals surface area contributed by atoms with Crippen LogP contribution in [0.15, 0.2) is 66.7 Å². The average Bonchev–Trinajstić information content (AvgIpc) is 3.19. The first-order chi connectivity index (χ1) is 18.5. The molecule has 1 aromatic heterocycles. The number of rotatable bonds is 13. The Labute approximate surface area is 224 Å². The summed E-state index contributed by atoms with van der Waals surface area (Å²) in [6.07, 6.45) is 3.07. The summed E-state index contributed by atoms with van der Waals surface area (Å²) in [5.74, 6) is 1.18. The summed E-state index contributed by atoms with van der Waals surface area (Å²) in [5, 5.41) is 1.12. The Morgan fingerprint density at radius 3 is 2.26 bits per heavy atom. The minimum Gasteiger partial charge on any atom is -0.494 e. The van der Waals surface area contributed by atoms with Crippen molar-refractivity contribution in [2.75, 3.05) is 19.8 Å². The maximum atomic E-state index is 13.7. The maximum absolute atomic E-state index is 13.7. The summed E-state index contributed by atoms with van der Waals surface area (Å²) in [7, 11) is 0. The minimum absolute atomic E-state index is 0.197. The van der Waals surface area contributed by atoms with Gasteiger partial charge in [0.2, 0.25) is 0 Å². The number of unbranched alkanes of at least 4 members (excludes halogenated alkanes) is 1. The number of carbonyl (C=O) groups excluding carboxylic acids is 1. The zero-order chi connectivity index (χ0) is 26.9. The number of halogens is 1. The van der Waals surface area contributed by atoms with Gasteiger partial charge in [0.1, 0.15) is 17.3 Å². The number of aromatic nitrogens is 1. The van der Waals surface area contributed by atoms with Gasteiger partial charge >= 0.3 is 5.97 Å². The molecule has 200 valence electrons. The van der Waals surface area contributed by atoms with Crippen LogP contribution in [0, 0.1) is 12.7 Å². The zero-order valence-electron chi connectivity index (χ0n) is 22.5. The van der Waals surface area contributed by atoms with Crippen molar-refractivity contribution in [2.45, 2.75) is 53.0 Å². The van der Waals surface area contributed by atoms with E-state index in [1.165, 1.54) is 12.1 Å². The van der Waals surface area contributed by atoms with Gasteiger partial charge in [-0.1, -0.05) is 25.5 Å². The van der Waals surface area contributed by atoms with Crippen molar-refractivity contribution in [3.63, 3.8) is 0 Å². The van der Waals surface area contributed by atoms with Crippen LogP contribution in [0.4, 0.5) is 4.39 Å². The summed E-state index contributed by atoms with van der Waals surface area (Å²) in [4.78, 5) is 11.5. The van der Waals surface area contributed by atoms with Gasteiger partial charge in [0, 0.05) is 23.9 Å². The lowest BCUT2D eigenvalue weighted by Gasteiger charge is -2.13. The molecule has 0 aliphatic rings. The molecule has 3 aromatic carbocycles. The third-order valence-corrected chi connectivity index (χ3v) is 6.54. The Kier molecular flexibility index (Phi) is 9.41. The van der Waals surface area contributed by atoms with Gasteiger partial charge in [-0.25, -0.2) is 4.39 Å². The van der Waals surface area contributed by atoms with E-state index in [1.54, 1.807) is 6.92 Å². The summed E-state index contributed by atoms with van der Waals surface area (Å²) in [6.45, 7) is 8.26. The fourth-order valence-electron chi connectivity index (χ4n) is 4.58. The average molecular weight is 518 g/mol. The number of hydrogen-bond acceptors (Lipinski definition) is 4. The van der Waals surface area contributed by atoms with Gasteiger partial charge < -0.3 is 18.8 Å². The molecule has 0 bridgehead atoms. The summed E-state index contributed by atoms with van der Waals surface area (Å²) in [6, 6.07) is 20.9. The van der Waals surface area contributed by atoms with E-state index in [2.05, 4.69) is 42.7 Å². The normalized spacial score (nSPS) is 11.1. The molecule has 0 unspecified atom stereocenters. The van der Waals surface area contributed by atoms with Crippen LogP contribution >= 0.6 is 0 Å². The molecule has 4 aromatic rings. The van der Waals surface area contributed by atoms with Crippen LogP contribution in [-0.2, 0) is 16.1 Å². The van der Waals surface area contributed by atoms with Crippen molar-refractivity contribution in [1.82, 2.24) is 4.57 Å². The Morgan fingerprint density at radius 1 is 0.868 bits per heavy atom. The van der Waals surface area contributed by atoms with E-state index in [-0.39, 0.29) is 11.8 Å². The van der Waals surface area contributed by atoms with E-state index >= 15 is 0 Å². The molecular formula is C32H36FNO4. The van der Waals surface area contributed by atoms with Crippen LogP contribution in [0.2, 0.25) is 0 Å². The Morgan fingerprint density at radius 2 is 1.55 bits per heavy atom. The van der Waals surface area contributed by atoms with E-state index in [0.29, 0.717) is 39.2 Å². The molecule has 4 rings (SSSR count). The van der Waals surface area contributed by atoms with E-state index in [4.69, 9.17) is 14.2 Å². The van der Waals surface area contributed by atoms with Crippen LogP contribution in [0.5, 0.6) is 11.5 Å². The molecule has 0 saturated heterocycles. The number of nitrogens with zero attached hydrogens (tertiary/aromatic N) is 1. The highest BCUT2D eigenvalue weighted by Crippen LogP contribution is 2.36. The lowest BCUT2D eigenvalue weighted by atomic mass is 10.1. The molecule has 0 radical (unpaired) electrons. The van der Waals surface area contributed by atoms with Crippen molar-refractivity contribution in [3.05, 3.63) is 83.7 Å². The Balaban J connectivity index is 1.57. The van der Waals surface area contributed by atoms with Crippen molar-refractivity contribution < 1.29 is 23.4 Å².